The summed E-state index contributed by atoms with van der Waals surface area (Å²) >= 11 is 7.83. The standard InChI is InChI=1S/C15H12ClN3OS/c1-21-11-5-2-9(3-6-11)14-18-15(20-19-14)12-7-4-10(17)8-13(12)16/h2-8H,17H2,1H3. The van der Waals surface area contributed by atoms with Crippen molar-refractivity contribution < 1.29 is 4.52 Å². The number of aromatic nitrogens is 2. The molecule has 21 heavy (non-hydrogen) atoms. The molecule has 0 aliphatic rings. The third kappa shape index (κ3) is 2.89. The Balaban J connectivity index is 1.95. The predicted molar refractivity (Wildman–Crippen MR) is 86.4 cm³/mol. The van der Waals surface area contributed by atoms with Gasteiger partial charge in [0.1, 0.15) is 0 Å². The second kappa shape index (κ2) is 5.79. The monoisotopic (exact) mass is 317 g/mol. The van der Waals surface area contributed by atoms with Crippen LogP contribution >= 0.6 is 23.4 Å². The van der Waals surface area contributed by atoms with Gasteiger partial charge in [-0.3, -0.25) is 0 Å². The Bertz CT molecular complexity index is 771. The highest BCUT2D eigenvalue weighted by molar-refractivity contribution is 7.98. The zero-order chi connectivity index (χ0) is 14.8. The third-order valence-electron chi connectivity index (χ3n) is 3.00. The average Bonchev–Trinajstić information content (AvgIpc) is 2.97. The topological polar surface area (TPSA) is 64.9 Å². The third-order valence-corrected chi connectivity index (χ3v) is 4.05. The van der Waals surface area contributed by atoms with Crippen LogP contribution in [-0.2, 0) is 0 Å². The van der Waals surface area contributed by atoms with E-state index in [1.54, 1.807) is 30.0 Å². The Morgan fingerprint density at radius 2 is 1.90 bits per heavy atom. The molecule has 2 N–H and O–H groups in total. The van der Waals surface area contributed by atoms with E-state index in [1.165, 1.54) is 4.90 Å². The molecule has 0 aliphatic carbocycles. The van der Waals surface area contributed by atoms with Crippen LogP contribution in [0.15, 0.2) is 51.9 Å². The summed E-state index contributed by atoms with van der Waals surface area (Å²) in [7, 11) is 0. The molecule has 0 saturated heterocycles. The molecule has 0 unspecified atom stereocenters. The minimum Gasteiger partial charge on any atom is -0.399 e. The van der Waals surface area contributed by atoms with Crippen molar-refractivity contribution in [3.63, 3.8) is 0 Å². The smallest absolute Gasteiger partial charge is 0.259 e. The molecule has 2 aromatic carbocycles. The van der Waals surface area contributed by atoms with Gasteiger partial charge in [0.05, 0.1) is 10.6 Å². The Kier molecular flexibility index (Phi) is 3.86. The number of nitrogens with two attached hydrogens (primary N) is 1. The summed E-state index contributed by atoms with van der Waals surface area (Å²) in [6.07, 6.45) is 2.03. The lowest BCUT2D eigenvalue weighted by Gasteiger charge is -1.99. The van der Waals surface area contributed by atoms with Gasteiger partial charge in [-0.1, -0.05) is 16.8 Å². The van der Waals surface area contributed by atoms with Crippen LogP contribution in [0.3, 0.4) is 0 Å². The van der Waals surface area contributed by atoms with Gasteiger partial charge < -0.3 is 10.3 Å². The Labute approximate surface area is 131 Å². The molecule has 1 aromatic heterocycles. The first kappa shape index (κ1) is 14.0. The quantitative estimate of drug-likeness (QED) is 0.574. The number of anilines is 1. The molecular formula is C15H12ClN3OS. The van der Waals surface area contributed by atoms with Gasteiger partial charge in [0.25, 0.3) is 5.89 Å². The van der Waals surface area contributed by atoms with Crippen molar-refractivity contribution in [1.29, 1.82) is 0 Å². The maximum absolute atomic E-state index is 6.15. The maximum Gasteiger partial charge on any atom is 0.259 e. The van der Waals surface area contributed by atoms with Gasteiger partial charge in [0.2, 0.25) is 5.82 Å². The highest BCUT2D eigenvalue weighted by Crippen LogP contribution is 2.30. The molecule has 0 fully saturated rings. The lowest BCUT2D eigenvalue weighted by Crippen LogP contribution is -1.86. The lowest BCUT2D eigenvalue weighted by atomic mass is 10.2. The lowest BCUT2D eigenvalue weighted by molar-refractivity contribution is 0.432. The minimum absolute atomic E-state index is 0.379. The van der Waals surface area contributed by atoms with E-state index in [4.69, 9.17) is 21.9 Å². The van der Waals surface area contributed by atoms with Gasteiger partial charge in [-0.25, -0.2) is 0 Å². The highest BCUT2D eigenvalue weighted by atomic mass is 35.5. The number of hydrogen-bond acceptors (Lipinski definition) is 5. The normalized spacial score (nSPS) is 10.8. The summed E-state index contributed by atoms with van der Waals surface area (Å²) in [5.41, 5.74) is 7.84. The summed E-state index contributed by atoms with van der Waals surface area (Å²) in [4.78, 5) is 5.57. The van der Waals surface area contributed by atoms with Gasteiger partial charge in [0.15, 0.2) is 0 Å². The van der Waals surface area contributed by atoms with Crippen molar-refractivity contribution in [1.82, 2.24) is 10.1 Å². The van der Waals surface area contributed by atoms with E-state index in [1.807, 2.05) is 30.5 Å². The van der Waals surface area contributed by atoms with E-state index in [0.29, 0.717) is 28.0 Å². The number of hydrogen-bond donors (Lipinski definition) is 1. The molecular weight excluding hydrogens is 306 g/mol. The van der Waals surface area contributed by atoms with E-state index in [0.717, 1.165) is 5.56 Å². The number of rotatable bonds is 3. The van der Waals surface area contributed by atoms with Crippen LogP contribution in [0.5, 0.6) is 0 Å². The van der Waals surface area contributed by atoms with Gasteiger partial charge in [-0.15, -0.1) is 11.8 Å². The first-order valence-corrected chi connectivity index (χ1v) is 7.81. The van der Waals surface area contributed by atoms with Crippen molar-refractivity contribution in [2.24, 2.45) is 0 Å². The fraction of sp³-hybridized carbons (Fsp3) is 0.0667. The summed E-state index contributed by atoms with van der Waals surface area (Å²) in [6.45, 7) is 0. The largest absolute Gasteiger partial charge is 0.399 e. The molecule has 0 bridgehead atoms. The van der Waals surface area contributed by atoms with Crippen molar-refractivity contribution >= 4 is 29.1 Å². The average molecular weight is 318 g/mol. The van der Waals surface area contributed by atoms with E-state index in [9.17, 15) is 0 Å². The number of nitrogens with zero attached hydrogens (tertiary/aromatic N) is 2. The SMILES string of the molecule is CSc1ccc(-c2noc(-c3ccc(N)cc3Cl)n2)cc1. The zero-order valence-corrected chi connectivity index (χ0v) is 12.8. The van der Waals surface area contributed by atoms with Crippen molar-refractivity contribution in [3.8, 4) is 22.8 Å². The first-order chi connectivity index (χ1) is 10.2. The van der Waals surface area contributed by atoms with Crippen molar-refractivity contribution in [2.75, 3.05) is 12.0 Å². The highest BCUT2D eigenvalue weighted by Gasteiger charge is 2.13. The number of nitrogen functional groups attached to an aromatic ring is 1. The van der Waals surface area contributed by atoms with Crippen molar-refractivity contribution in [3.05, 3.63) is 47.5 Å². The molecule has 0 spiro atoms. The molecule has 0 atom stereocenters. The second-order valence-electron chi connectivity index (χ2n) is 4.39. The summed E-state index contributed by atoms with van der Waals surface area (Å²) in [5.74, 6) is 0.912. The van der Waals surface area contributed by atoms with Crippen molar-refractivity contribution in [2.45, 2.75) is 4.90 Å². The predicted octanol–water partition coefficient (Wildman–Crippen LogP) is 4.36. The molecule has 0 aliphatic heterocycles. The molecule has 6 heteroatoms. The molecule has 3 rings (SSSR count). The number of halogens is 1. The van der Waals surface area contributed by atoms with Gasteiger partial charge >= 0.3 is 0 Å². The van der Waals surface area contributed by atoms with Crippen LogP contribution < -0.4 is 5.73 Å². The van der Waals surface area contributed by atoms with Crippen LogP contribution in [0.25, 0.3) is 22.8 Å². The summed E-state index contributed by atoms with van der Waals surface area (Å²) in [5, 5.41) is 4.49. The Hall–Kier alpha value is -1.98. The molecule has 1 heterocycles. The van der Waals surface area contributed by atoms with E-state index in [-0.39, 0.29) is 0 Å². The van der Waals surface area contributed by atoms with Crippen LogP contribution in [-0.4, -0.2) is 16.4 Å². The minimum atomic E-state index is 0.379. The van der Waals surface area contributed by atoms with E-state index >= 15 is 0 Å². The number of benzene rings is 2. The summed E-state index contributed by atoms with van der Waals surface area (Å²) < 4.78 is 5.29. The second-order valence-corrected chi connectivity index (χ2v) is 5.68. The molecule has 0 amide bonds. The first-order valence-electron chi connectivity index (χ1n) is 6.21. The van der Waals surface area contributed by atoms with Crippen LogP contribution in [0.4, 0.5) is 5.69 Å². The zero-order valence-electron chi connectivity index (χ0n) is 11.2. The molecule has 4 nitrogen and oxygen atoms in total. The van der Waals surface area contributed by atoms with Gasteiger partial charge in [0, 0.05) is 16.1 Å². The molecule has 3 aromatic rings. The summed E-state index contributed by atoms with van der Waals surface area (Å²) in [6, 6.07) is 13.1. The maximum atomic E-state index is 6.15. The van der Waals surface area contributed by atoms with Gasteiger partial charge in [-0.2, -0.15) is 4.98 Å². The van der Waals surface area contributed by atoms with E-state index in [2.05, 4.69) is 10.1 Å². The van der Waals surface area contributed by atoms with Crippen LogP contribution in [0.2, 0.25) is 5.02 Å². The fourth-order valence-corrected chi connectivity index (χ4v) is 2.57. The molecule has 106 valence electrons. The molecule has 0 radical (unpaired) electrons. The Morgan fingerprint density at radius 1 is 1.14 bits per heavy atom. The fourth-order valence-electron chi connectivity index (χ4n) is 1.90. The Morgan fingerprint density at radius 3 is 2.57 bits per heavy atom. The van der Waals surface area contributed by atoms with Crippen LogP contribution in [0, 0.1) is 0 Å². The van der Waals surface area contributed by atoms with Crippen LogP contribution in [0.1, 0.15) is 0 Å². The van der Waals surface area contributed by atoms with E-state index < -0.39 is 0 Å². The number of thioether (sulfide) groups is 1. The van der Waals surface area contributed by atoms with Gasteiger partial charge in [-0.05, 0) is 48.7 Å². The molecule has 0 saturated carbocycles.